The second kappa shape index (κ2) is 9.45. The minimum Gasteiger partial charge on any atom is -0.452 e. The van der Waals surface area contributed by atoms with Crippen molar-refractivity contribution in [1.82, 2.24) is 9.88 Å². The number of esters is 1. The third-order valence-corrected chi connectivity index (χ3v) is 5.58. The van der Waals surface area contributed by atoms with E-state index in [-0.39, 0.29) is 6.61 Å². The Bertz CT molecular complexity index is 1120. The predicted octanol–water partition coefficient (Wildman–Crippen LogP) is 4.45. The first-order valence-corrected chi connectivity index (χ1v) is 10.8. The van der Waals surface area contributed by atoms with Gasteiger partial charge in [-0.05, 0) is 43.3 Å². The summed E-state index contributed by atoms with van der Waals surface area (Å²) in [6, 6.07) is 14.3. The van der Waals surface area contributed by atoms with Crippen molar-refractivity contribution in [2.45, 2.75) is 26.3 Å². The average molecular weight is 438 g/mol. The molecule has 3 aromatic rings. The number of carbonyl (C=O) groups is 2. The Balaban J connectivity index is 1.56. The van der Waals surface area contributed by atoms with Crippen LogP contribution in [-0.4, -0.2) is 41.5 Å². The van der Waals surface area contributed by atoms with Crippen LogP contribution in [0.15, 0.2) is 48.5 Å². The fraction of sp³-hybridized carbons (Fsp3) is 0.292. The number of fused-ring (bicyclic) bond motifs is 2. The molecule has 1 amide bonds. The van der Waals surface area contributed by atoms with Gasteiger partial charge < -0.3 is 10.1 Å². The Morgan fingerprint density at radius 1 is 1.16 bits per heavy atom. The van der Waals surface area contributed by atoms with Gasteiger partial charge in [0.15, 0.2) is 6.61 Å². The lowest BCUT2D eigenvalue weighted by Gasteiger charge is -2.29. The number of hydrogen-bond acceptors (Lipinski definition) is 5. The summed E-state index contributed by atoms with van der Waals surface area (Å²) >= 11 is 5.86. The molecule has 31 heavy (non-hydrogen) atoms. The predicted molar refractivity (Wildman–Crippen MR) is 121 cm³/mol. The largest absolute Gasteiger partial charge is 0.452 e. The highest BCUT2D eigenvalue weighted by Crippen LogP contribution is 2.29. The highest BCUT2D eigenvalue weighted by Gasteiger charge is 2.26. The van der Waals surface area contributed by atoms with Gasteiger partial charge in [-0.3, -0.25) is 14.7 Å². The van der Waals surface area contributed by atoms with Gasteiger partial charge in [-0.1, -0.05) is 36.7 Å². The molecule has 0 radical (unpaired) electrons. The molecule has 4 rings (SSSR count). The molecular formula is C24H24ClN3O3. The van der Waals surface area contributed by atoms with Crippen molar-refractivity contribution in [3.63, 3.8) is 0 Å². The molecule has 1 aliphatic rings. The first-order chi connectivity index (χ1) is 15.0. The van der Waals surface area contributed by atoms with E-state index in [0.717, 1.165) is 48.1 Å². The highest BCUT2D eigenvalue weighted by atomic mass is 35.5. The van der Waals surface area contributed by atoms with Crippen LogP contribution in [0.25, 0.3) is 10.9 Å². The maximum Gasteiger partial charge on any atom is 0.339 e. The number of carbonyl (C=O) groups excluding carboxylic acids is 2. The van der Waals surface area contributed by atoms with Gasteiger partial charge in [0.25, 0.3) is 5.91 Å². The second-order valence-corrected chi connectivity index (χ2v) is 8.02. The fourth-order valence-electron chi connectivity index (χ4n) is 3.92. The van der Waals surface area contributed by atoms with E-state index in [1.54, 1.807) is 24.3 Å². The molecule has 0 unspecified atom stereocenters. The van der Waals surface area contributed by atoms with Gasteiger partial charge in [0.1, 0.15) is 0 Å². The Morgan fingerprint density at radius 3 is 2.71 bits per heavy atom. The van der Waals surface area contributed by atoms with E-state index in [0.29, 0.717) is 22.8 Å². The van der Waals surface area contributed by atoms with Gasteiger partial charge in [-0.15, -0.1) is 0 Å². The third kappa shape index (κ3) is 4.86. The van der Waals surface area contributed by atoms with Crippen LogP contribution in [0.2, 0.25) is 5.02 Å². The van der Waals surface area contributed by atoms with Crippen molar-refractivity contribution in [2.24, 2.45) is 0 Å². The van der Waals surface area contributed by atoms with Crippen LogP contribution in [0.3, 0.4) is 0 Å². The lowest BCUT2D eigenvalue weighted by molar-refractivity contribution is -0.119. The molecular weight excluding hydrogens is 414 g/mol. The maximum absolute atomic E-state index is 13.1. The minimum absolute atomic E-state index is 0.369. The van der Waals surface area contributed by atoms with Crippen LogP contribution >= 0.6 is 11.6 Å². The molecule has 0 bridgehead atoms. The summed E-state index contributed by atoms with van der Waals surface area (Å²) in [5.74, 6) is -0.907. The van der Waals surface area contributed by atoms with E-state index in [2.05, 4.69) is 17.1 Å². The van der Waals surface area contributed by atoms with E-state index in [9.17, 15) is 9.59 Å². The third-order valence-electron chi connectivity index (χ3n) is 5.33. The quantitative estimate of drug-likeness (QED) is 0.577. The molecule has 1 aliphatic heterocycles. The zero-order chi connectivity index (χ0) is 21.8. The molecule has 2 heterocycles. The molecule has 2 aromatic carbocycles. The number of pyridine rings is 1. The maximum atomic E-state index is 13.1. The monoisotopic (exact) mass is 437 g/mol. The second-order valence-electron chi connectivity index (χ2n) is 7.59. The number of anilines is 1. The lowest BCUT2D eigenvalue weighted by atomic mass is 9.95. The molecule has 0 saturated heterocycles. The molecule has 1 aromatic heterocycles. The van der Waals surface area contributed by atoms with Crippen LogP contribution in [0.1, 0.15) is 35.0 Å². The van der Waals surface area contributed by atoms with Crippen LogP contribution < -0.4 is 5.32 Å². The number of hydrogen-bond donors (Lipinski definition) is 1. The number of amides is 1. The van der Waals surface area contributed by atoms with Crippen molar-refractivity contribution in [3.8, 4) is 0 Å². The number of benzene rings is 2. The molecule has 0 spiro atoms. The Hall–Kier alpha value is -2.96. The van der Waals surface area contributed by atoms with E-state index in [1.807, 2.05) is 24.3 Å². The molecule has 1 N–H and O–H groups in total. The Morgan fingerprint density at radius 2 is 1.94 bits per heavy atom. The zero-order valence-corrected chi connectivity index (χ0v) is 18.1. The summed E-state index contributed by atoms with van der Waals surface area (Å²) in [6.45, 7) is 4.31. The molecule has 0 atom stereocenters. The van der Waals surface area contributed by atoms with E-state index in [1.165, 1.54) is 0 Å². The molecule has 0 fully saturated rings. The Kier molecular flexibility index (Phi) is 6.49. The van der Waals surface area contributed by atoms with Gasteiger partial charge in [0.2, 0.25) is 0 Å². The summed E-state index contributed by atoms with van der Waals surface area (Å²) in [6.07, 6.45) is 1.83. The minimum atomic E-state index is -0.501. The van der Waals surface area contributed by atoms with Crippen molar-refractivity contribution in [1.29, 1.82) is 0 Å². The standard InChI is InChI=1S/C24H24ClN3O3/c1-2-12-28-13-11-21-19(14-28)23(18-5-3-4-6-20(18)27-21)24(30)31-15-22(29)26-17-9-7-16(25)8-10-17/h3-10H,2,11-15H2,1H3,(H,26,29). The first-order valence-electron chi connectivity index (χ1n) is 10.4. The molecule has 0 saturated carbocycles. The van der Waals surface area contributed by atoms with E-state index >= 15 is 0 Å². The number of aromatic nitrogens is 1. The van der Waals surface area contributed by atoms with Crippen molar-refractivity contribution in [2.75, 3.05) is 25.0 Å². The molecule has 7 heteroatoms. The van der Waals surface area contributed by atoms with Gasteiger partial charge >= 0.3 is 5.97 Å². The topological polar surface area (TPSA) is 71.5 Å². The molecule has 0 aliphatic carbocycles. The summed E-state index contributed by atoms with van der Waals surface area (Å²) in [5.41, 5.74) is 3.71. The lowest BCUT2D eigenvalue weighted by Crippen LogP contribution is -2.33. The zero-order valence-electron chi connectivity index (χ0n) is 17.4. The smallest absolute Gasteiger partial charge is 0.339 e. The number of ether oxygens (including phenoxy) is 1. The number of nitrogens with one attached hydrogen (secondary N) is 1. The van der Waals surface area contributed by atoms with Crippen LogP contribution in [0, 0.1) is 0 Å². The normalized spacial score (nSPS) is 13.6. The number of nitrogens with zero attached hydrogens (tertiary/aromatic N) is 2. The number of halogens is 1. The SMILES string of the molecule is CCCN1CCc2nc3ccccc3c(C(=O)OCC(=O)Nc3ccc(Cl)cc3)c2C1. The van der Waals surface area contributed by atoms with Gasteiger partial charge in [-0.25, -0.2) is 4.79 Å². The molecule has 160 valence electrons. The van der Waals surface area contributed by atoms with E-state index < -0.39 is 11.9 Å². The summed E-state index contributed by atoms with van der Waals surface area (Å²) in [5, 5.41) is 4.04. The first kappa shape index (κ1) is 21.3. The summed E-state index contributed by atoms with van der Waals surface area (Å²) in [7, 11) is 0. The summed E-state index contributed by atoms with van der Waals surface area (Å²) in [4.78, 5) is 32.5. The molecule has 6 nitrogen and oxygen atoms in total. The van der Waals surface area contributed by atoms with Crippen LogP contribution in [0.5, 0.6) is 0 Å². The van der Waals surface area contributed by atoms with Crippen molar-refractivity contribution < 1.29 is 14.3 Å². The van der Waals surface area contributed by atoms with Gasteiger partial charge in [-0.2, -0.15) is 0 Å². The van der Waals surface area contributed by atoms with Gasteiger partial charge in [0.05, 0.1) is 11.1 Å². The van der Waals surface area contributed by atoms with Crippen molar-refractivity contribution >= 4 is 40.1 Å². The average Bonchev–Trinajstić information content (AvgIpc) is 2.77. The number of rotatable bonds is 6. The Labute approximate surface area is 186 Å². The fourth-order valence-corrected chi connectivity index (χ4v) is 4.05. The van der Waals surface area contributed by atoms with Crippen LogP contribution in [-0.2, 0) is 22.5 Å². The van der Waals surface area contributed by atoms with Gasteiger partial charge in [0, 0.05) is 46.9 Å². The number of para-hydroxylation sites is 1. The van der Waals surface area contributed by atoms with Crippen molar-refractivity contribution in [3.05, 3.63) is 70.4 Å². The van der Waals surface area contributed by atoms with Crippen LogP contribution in [0.4, 0.5) is 5.69 Å². The van der Waals surface area contributed by atoms with E-state index in [4.69, 9.17) is 21.3 Å². The summed E-state index contributed by atoms with van der Waals surface area (Å²) < 4.78 is 5.43. The highest BCUT2D eigenvalue weighted by molar-refractivity contribution is 6.30.